The molecule has 0 saturated heterocycles. The molecule has 0 radical (unpaired) electrons. The average molecular weight is 212 g/mol. The van der Waals surface area contributed by atoms with E-state index >= 15 is 0 Å². The minimum atomic E-state index is 0.131. The van der Waals surface area contributed by atoms with E-state index in [1.54, 1.807) is 0 Å². The molecule has 0 aromatic rings. The van der Waals surface area contributed by atoms with Gasteiger partial charge >= 0.3 is 0 Å². The van der Waals surface area contributed by atoms with Crippen LogP contribution in [0.1, 0.15) is 46.0 Å². The van der Waals surface area contributed by atoms with Crippen molar-refractivity contribution in [2.24, 2.45) is 5.92 Å². The second kappa shape index (κ2) is 6.83. The van der Waals surface area contributed by atoms with Gasteiger partial charge in [-0.2, -0.15) is 0 Å². The molecule has 0 aromatic carbocycles. The van der Waals surface area contributed by atoms with Gasteiger partial charge in [0.15, 0.2) is 0 Å². The lowest BCUT2D eigenvalue weighted by molar-refractivity contribution is -0.120. The Morgan fingerprint density at radius 3 is 2.80 bits per heavy atom. The fourth-order valence-corrected chi connectivity index (χ4v) is 1.67. The first-order valence-corrected chi connectivity index (χ1v) is 6.22. The summed E-state index contributed by atoms with van der Waals surface area (Å²) >= 11 is 0. The Labute approximate surface area is 93.0 Å². The molecule has 1 saturated carbocycles. The van der Waals surface area contributed by atoms with E-state index in [4.69, 9.17) is 0 Å². The summed E-state index contributed by atoms with van der Waals surface area (Å²) in [7, 11) is 0. The zero-order valence-corrected chi connectivity index (χ0v) is 10.0. The van der Waals surface area contributed by atoms with Crippen molar-refractivity contribution in [3.63, 3.8) is 0 Å². The van der Waals surface area contributed by atoms with E-state index in [1.165, 1.54) is 19.3 Å². The van der Waals surface area contributed by atoms with E-state index in [1.807, 2.05) is 0 Å². The maximum Gasteiger partial charge on any atom is 0.233 e. The highest BCUT2D eigenvalue weighted by molar-refractivity contribution is 5.77. The summed E-state index contributed by atoms with van der Waals surface area (Å²) in [6, 6.07) is 0.481. The largest absolute Gasteiger partial charge is 0.355 e. The van der Waals surface area contributed by atoms with E-state index in [-0.39, 0.29) is 5.91 Å². The first kappa shape index (κ1) is 12.5. The summed E-state index contributed by atoms with van der Waals surface area (Å²) in [5, 5.41) is 6.18. The molecule has 0 spiro atoms. The lowest BCUT2D eigenvalue weighted by Crippen LogP contribution is -2.38. The summed E-state index contributed by atoms with van der Waals surface area (Å²) in [6.45, 7) is 5.57. The van der Waals surface area contributed by atoms with Crippen molar-refractivity contribution in [2.45, 2.75) is 52.0 Å². The second-order valence-electron chi connectivity index (χ2n) is 4.66. The van der Waals surface area contributed by atoms with Gasteiger partial charge in [0.05, 0.1) is 6.54 Å². The minimum Gasteiger partial charge on any atom is -0.355 e. The van der Waals surface area contributed by atoms with Gasteiger partial charge in [-0.15, -0.1) is 0 Å². The van der Waals surface area contributed by atoms with Crippen LogP contribution in [0.25, 0.3) is 0 Å². The van der Waals surface area contributed by atoms with Gasteiger partial charge in [-0.1, -0.05) is 26.2 Å². The third kappa shape index (κ3) is 6.50. The molecule has 0 bridgehead atoms. The fourth-order valence-electron chi connectivity index (χ4n) is 1.67. The van der Waals surface area contributed by atoms with Crippen LogP contribution in [0.2, 0.25) is 0 Å². The van der Waals surface area contributed by atoms with Crippen LogP contribution in [0.3, 0.4) is 0 Å². The normalized spacial score (nSPS) is 17.5. The highest BCUT2D eigenvalue weighted by Crippen LogP contribution is 2.33. The first-order chi connectivity index (χ1) is 7.22. The molecule has 3 heteroatoms. The average Bonchev–Trinajstić information content (AvgIpc) is 2.99. The summed E-state index contributed by atoms with van der Waals surface area (Å²) in [5.74, 6) is 1.06. The van der Waals surface area contributed by atoms with Crippen LogP contribution in [0.15, 0.2) is 0 Å². The van der Waals surface area contributed by atoms with Crippen LogP contribution in [-0.4, -0.2) is 25.0 Å². The molecule has 0 aromatic heterocycles. The van der Waals surface area contributed by atoms with Crippen LogP contribution in [0.4, 0.5) is 0 Å². The molecular weight excluding hydrogens is 188 g/mol. The lowest BCUT2D eigenvalue weighted by Gasteiger charge is -2.12. The maximum absolute atomic E-state index is 11.4. The van der Waals surface area contributed by atoms with Gasteiger partial charge in [-0.25, -0.2) is 0 Å². The number of carbonyl (C=O) groups excluding carboxylic acids is 1. The topological polar surface area (TPSA) is 41.1 Å². The number of carbonyl (C=O) groups is 1. The minimum absolute atomic E-state index is 0.131. The molecule has 15 heavy (non-hydrogen) atoms. The van der Waals surface area contributed by atoms with Crippen molar-refractivity contribution in [2.75, 3.05) is 13.1 Å². The summed E-state index contributed by atoms with van der Waals surface area (Å²) in [4.78, 5) is 11.4. The number of nitrogens with one attached hydrogen (secondary N) is 2. The van der Waals surface area contributed by atoms with E-state index < -0.39 is 0 Å². The van der Waals surface area contributed by atoms with Gasteiger partial charge < -0.3 is 10.6 Å². The smallest absolute Gasteiger partial charge is 0.233 e. The van der Waals surface area contributed by atoms with Crippen LogP contribution in [0.5, 0.6) is 0 Å². The Kier molecular flexibility index (Phi) is 5.69. The molecule has 1 unspecified atom stereocenters. The zero-order chi connectivity index (χ0) is 11.1. The number of hydrogen-bond donors (Lipinski definition) is 2. The van der Waals surface area contributed by atoms with Gasteiger partial charge in [0.1, 0.15) is 0 Å². The highest BCUT2D eigenvalue weighted by Gasteiger charge is 2.23. The SMILES string of the molecule is CCCCNC(=O)CNC(C)CC1CC1. The van der Waals surface area contributed by atoms with Crippen molar-refractivity contribution >= 4 is 5.91 Å². The molecule has 88 valence electrons. The molecular formula is C12H24N2O. The predicted molar refractivity (Wildman–Crippen MR) is 62.7 cm³/mol. The molecule has 1 aliphatic carbocycles. The summed E-state index contributed by atoms with van der Waals surface area (Å²) in [5.41, 5.74) is 0. The molecule has 1 aliphatic rings. The Hall–Kier alpha value is -0.570. The van der Waals surface area contributed by atoms with Crippen molar-refractivity contribution in [1.29, 1.82) is 0 Å². The van der Waals surface area contributed by atoms with Crippen molar-refractivity contribution in [1.82, 2.24) is 10.6 Å². The Bertz CT molecular complexity index is 190. The standard InChI is InChI=1S/C12H24N2O/c1-3-4-7-13-12(15)9-14-10(2)8-11-5-6-11/h10-11,14H,3-9H2,1-2H3,(H,13,15). The number of hydrogen-bond acceptors (Lipinski definition) is 2. The molecule has 1 amide bonds. The zero-order valence-electron chi connectivity index (χ0n) is 10.0. The van der Waals surface area contributed by atoms with Gasteiger partial charge in [0.2, 0.25) is 5.91 Å². The number of rotatable bonds is 8. The van der Waals surface area contributed by atoms with Gasteiger partial charge in [-0.3, -0.25) is 4.79 Å². The van der Waals surface area contributed by atoms with Crippen molar-refractivity contribution in [3.05, 3.63) is 0 Å². The quantitative estimate of drug-likeness (QED) is 0.601. The summed E-state index contributed by atoms with van der Waals surface area (Å²) < 4.78 is 0. The van der Waals surface area contributed by atoms with Crippen molar-refractivity contribution < 1.29 is 4.79 Å². The van der Waals surface area contributed by atoms with Gasteiger partial charge in [0.25, 0.3) is 0 Å². The highest BCUT2D eigenvalue weighted by atomic mass is 16.1. The van der Waals surface area contributed by atoms with Crippen LogP contribution in [-0.2, 0) is 4.79 Å². The predicted octanol–water partition coefficient (Wildman–Crippen LogP) is 1.68. The van der Waals surface area contributed by atoms with E-state index in [9.17, 15) is 4.79 Å². The van der Waals surface area contributed by atoms with Crippen LogP contribution < -0.4 is 10.6 Å². The molecule has 1 atom stereocenters. The first-order valence-electron chi connectivity index (χ1n) is 6.22. The summed E-state index contributed by atoms with van der Waals surface area (Å²) in [6.07, 6.45) is 6.20. The maximum atomic E-state index is 11.4. The Morgan fingerprint density at radius 1 is 1.47 bits per heavy atom. The van der Waals surface area contributed by atoms with Crippen LogP contribution >= 0.6 is 0 Å². The van der Waals surface area contributed by atoms with E-state index in [0.29, 0.717) is 12.6 Å². The van der Waals surface area contributed by atoms with Gasteiger partial charge in [-0.05, 0) is 25.7 Å². The second-order valence-corrected chi connectivity index (χ2v) is 4.66. The Morgan fingerprint density at radius 2 is 2.20 bits per heavy atom. The lowest BCUT2D eigenvalue weighted by atomic mass is 10.1. The molecule has 0 heterocycles. The number of amides is 1. The molecule has 0 aliphatic heterocycles. The number of unbranched alkanes of at least 4 members (excludes halogenated alkanes) is 1. The molecule has 2 N–H and O–H groups in total. The fraction of sp³-hybridized carbons (Fsp3) is 0.917. The van der Waals surface area contributed by atoms with Gasteiger partial charge in [0, 0.05) is 12.6 Å². The third-order valence-corrected chi connectivity index (χ3v) is 2.85. The van der Waals surface area contributed by atoms with Crippen LogP contribution in [0, 0.1) is 5.92 Å². The molecule has 3 nitrogen and oxygen atoms in total. The van der Waals surface area contributed by atoms with Crippen molar-refractivity contribution in [3.8, 4) is 0 Å². The monoisotopic (exact) mass is 212 g/mol. The molecule has 1 rings (SSSR count). The third-order valence-electron chi connectivity index (χ3n) is 2.85. The Balaban J connectivity index is 1.94. The molecule has 1 fully saturated rings. The van der Waals surface area contributed by atoms with E-state index in [2.05, 4.69) is 24.5 Å². The van der Waals surface area contributed by atoms with E-state index in [0.717, 1.165) is 25.3 Å².